The van der Waals surface area contributed by atoms with Crippen molar-refractivity contribution in [2.75, 3.05) is 19.0 Å². The first-order valence-corrected chi connectivity index (χ1v) is 8.85. The van der Waals surface area contributed by atoms with E-state index in [0.717, 1.165) is 11.1 Å². The molecule has 0 saturated carbocycles. The molecule has 0 heterocycles. The third-order valence-electron chi connectivity index (χ3n) is 3.82. The maximum Gasteiger partial charge on any atom is 0.331 e. The molecule has 1 rings (SSSR count). The predicted octanol–water partition coefficient (Wildman–Crippen LogP) is 5.80. The molecule has 1 aromatic rings. The van der Waals surface area contributed by atoms with Crippen molar-refractivity contribution in [2.24, 2.45) is 0 Å². The molecule has 0 unspecified atom stereocenters. The number of carbonyl (C=O) groups is 1. The summed E-state index contributed by atoms with van der Waals surface area (Å²) in [5.41, 5.74) is 4.91. The lowest BCUT2D eigenvalue weighted by Crippen LogP contribution is -2.07. The molecule has 27 heavy (non-hydrogen) atoms. The summed E-state index contributed by atoms with van der Waals surface area (Å²) in [6.07, 6.45) is 17.3. The van der Waals surface area contributed by atoms with Gasteiger partial charge in [-0.1, -0.05) is 78.0 Å². The number of benzene rings is 1. The summed E-state index contributed by atoms with van der Waals surface area (Å²) in [6, 6.07) is 8.42. The fraction of sp³-hybridized carbons (Fsp3) is 0.208. The van der Waals surface area contributed by atoms with Crippen LogP contribution in [0.3, 0.4) is 0 Å². The minimum absolute atomic E-state index is 0.314. The van der Waals surface area contributed by atoms with Crippen LogP contribution in [0, 0.1) is 0 Å². The highest BCUT2D eigenvalue weighted by molar-refractivity contribution is 5.86. The number of hydrogen-bond donors (Lipinski definition) is 1. The van der Waals surface area contributed by atoms with Gasteiger partial charge in [0.2, 0.25) is 0 Å². The van der Waals surface area contributed by atoms with Gasteiger partial charge < -0.3 is 10.0 Å². The van der Waals surface area contributed by atoms with Crippen LogP contribution in [0.15, 0.2) is 89.6 Å². The largest absolute Gasteiger partial charge is 0.478 e. The van der Waals surface area contributed by atoms with E-state index >= 15 is 0 Å². The average Bonchev–Trinajstić information content (AvgIpc) is 2.63. The number of anilines is 1. The van der Waals surface area contributed by atoms with Crippen LogP contribution in [0.5, 0.6) is 0 Å². The molecule has 0 bridgehead atoms. The van der Waals surface area contributed by atoms with E-state index in [-0.39, 0.29) is 0 Å². The SMILES string of the molecule is CC(/C=C/C=C(C)/C=C/c1ccc(N(C)C)cc1)=C\C=C\C=C(/C)C(=O)O. The average molecular weight is 364 g/mol. The van der Waals surface area contributed by atoms with Crippen LogP contribution in [0.1, 0.15) is 26.3 Å². The Morgan fingerprint density at radius 3 is 2.00 bits per heavy atom. The van der Waals surface area contributed by atoms with Crippen molar-refractivity contribution < 1.29 is 9.90 Å². The van der Waals surface area contributed by atoms with Gasteiger partial charge in [0, 0.05) is 25.4 Å². The standard InChI is InChI=1S/C24H29NO2/c1-19(9-6-7-12-21(3)24(26)27)10-8-11-20(2)13-14-22-15-17-23(18-16-22)25(4)5/h6-18H,1-5H3,(H,26,27)/b7-6+,10-8+,14-13+,19-9+,20-11+,21-12+. The van der Waals surface area contributed by atoms with E-state index in [1.54, 1.807) is 19.1 Å². The van der Waals surface area contributed by atoms with Gasteiger partial charge in [0.05, 0.1) is 0 Å². The summed E-state index contributed by atoms with van der Waals surface area (Å²) in [6.45, 7) is 5.63. The number of carboxylic acids is 1. The molecule has 0 amide bonds. The molecule has 0 aliphatic rings. The van der Waals surface area contributed by atoms with Gasteiger partial charge >= 0.3 is 5.97 Å². The maximum absolute atomic E-state index is 10.7. The molecule has 3 nitrogen and oxygen atoms in total. The molecule has 0 fully saturated rings. The zero-order chi connectivity index (χ0) is 20.2. The second-order valence-corrected chi connectivity index (χ2v) is 6.54. The molecule has 0 aliphatic carbocycles. The first-order chi connectivity index (χ1) is 12.8. The Kier molecular flexibility index (Phi) is 9.38. The topological polar surface area (TPSA) is 40.5 Å². The van der Waals surface area contributed by atoms with Gasteiger partial charge in [-0.15, -0.1) is 0 Å². The zero-order valence-electron chi connectivity index (χ0n) is 16.8. The Balaban J connectivity index is 2.61. The van der Waals surface area contributed by atoms with Crippen molar-refractivity contribution in [3.05, 3.63) is 95.2 Å². The fourth-order valence-electron chi connectivity index (χ4n) is 2.05. The molecular weight excluding hydrogens is 334 g/mol. The number of rotatable bonds is 8. The number of allylic oxidation sites excluding steroid dienone is 10. The molecule has 3 heteroatoms. The molecule has 0 spiro atoms. The van der Waals surface area contributed by atoms with Crippen LogP contribution < -0.4 is 4.90 Å². The molecular formula is C24H29NO2. The van der Waals surface area contributed by atoms with Crippen molar-refractivity contribution in [2.45, 2.75) is 20.8 Å². The molecule has 0 atom stereocenters. The second-order valence-electron chi connectivity index (χ2n) is 6.54. The minimum Gasteiger partial charge on any atom is -0.478 e. The van der Waals surface area contributed by atoms with Gasteiger partial charge in [-0.2, -0.15) is 0 Å². The van der Waals surface area contributed by atoms with Crippen LogP contribution in [0.2, 0.25) is 0 Å². The third kappa shape index (κ3) is 9.26. The Morgan fingerprint density at radius 2 is 1.41 bits per heavy atom. The summed E-state index contributed by atoms with van der Waals surface area (Å²) in [4.78, 5) is 12.8. The van der Waals surface area contributed by atoms with Gasteiger partial charge in [0.1, 0.15) is 0 Å². The first-order valence-electron chi connectivity index (χ1n) is 8.85. The molecule has 0 radical (unpaired) electrons. The molecule has 1 aromatic carbocycles. The fourth-order valence-corrected chi connectivity index (χ4v) is 2.05. The maximum atomic E-state index is 10.7. The van der Waals surface area contributed by atoms with E-state index < -0.39 is 5.97 Å². The molecule has 0 saturated heterocycles. The highest BCUT2D eigenvalue weighted by atomic mass is 16.4. The molecule has 1 N–H and O–H groups in total. The summed E-state index contributed by atoms with van der Waals surface area (Å²) in [7, 11) is 4.06. The van der Waals surface area contributed by atoms with E-state index in [9.17, 15) is 4.79 Å². The smallest absolute Gasteiger partial charge is 0.331 e. The van der Waals surface area contributed by atoms with Crippen LogP contribution in [0.25, 0.3) is 6.08 Å². The molecule has 0 aromatic heterocycles. The number of aliphatic carboxylic acids is 1. The lowest BCUT2D eigenvalue weighted by Gasteiger charge is -2.11. The summed E-state index contributed by atoms with van der Waals surface area (Å²) in [5, 5.41) is 8.77. The summed E-state index contributed by atoms with van der Waals surface area (Å²) < 4.78 is 0. The summed E-state index contributed by atoms with van der Waals surface area (Å²) in [5.74, 6) is -0.900. The van der Waals surface area contributed by atoms with E-state index in [1.165, 1.54) is 11.3 Å². The highest BCUT2D eigenvalue weighted by Gasteiger charge is 1.95. The lowest BCUT2D eigenvalue weighted by atomic mass is 10.1. The normalized spacial score (nSPS) is 13.9. The Morgan fingerprint density at radius 1 is 0.852 bits per heavy atom. The number of hydrogen-bond acceptors (Lipinski definition) is 2. The van der Waals surface area contributed by atoms with E-state index in [1.807, 2.05) is 45.3 Å². The van der Waals surface area contributed by atoms with E-state index in [4.69, 9.17) is 5.11 Å². The van der Waals surface area contributed by atoms with Crippen molar-refractivity contribution >= 4 is 17.7 Å². The summed E-state index contributed by atoms with van der Waals surface area (Å²) >= 11 is 0. The van der Waals surface area contributed by atoms with Crippen molar-refractivity contribution in [1.29, 1.82) is 0 Å². The van der Waals surface area contributed by atoms with Gasteiger partial charge in [-0.05, 0) is 38.5 Å². The van der Waals surface area contributed by atoms with Gasteiger partial charge in [0.15, 0.2) is 0 Å². The lowest BCUT2D eigenvalue weighted by molar-refractivity contribution is -0.132. The molecule has 142 valence electrons. The van der Waals surface area contributed by atoms with Gasteiger partial charge in [0.25, 0.3) is 0 Å². The van der Waals surface area contributed by atoms with Gasteiger partial charge in [-0.3, -0.25) is 0 Å². The van der Waals surface area contributed by atoms with Crippen molar-refractivity contribution in [3.8, 4) is 0 Å². The Bertz CT molecular complexity index is 801. The van der Waals surface area contributed by atoms with Crippen LogP contribution in [-0.4, -0.2) is 25.2 Å². The number of carboxylic acid groups (broad SMARTS) is 1. The molecule has 0 aliphatic heterocycles. The zero-order valence-corrected chi connectivity index (χ0v) is 16.8. The minimum atomic E-state index is -0.900. The van der Waals surface area contributed by atoms with Crippen LogP contribution >= 0.6 is 0 Å². The number of nitrogens with zero attached hydrogens (tertiary/aromatic N) is 1. The van der Waals surface area contributed by atoms with E-state index in [2.05, 4.69) is 54.3 Å². The van der Waals surface area contributed by atoms with Gasteiger partial charge in [-0.25, -0.2) is 4.79 Å². The van der Waals surface area contributed by atoms with Crippen LogP contribution in [-0.2, 0) is 4.79 Å². The van der Waals surface area contributed by atoms with Crippen molar-refractivity contribution in [1.82, 2.24) is 0 Å². The monoisotopic (exact) mass is 363 g/mol. The predicted molar refractivity (Wildman–Crippen MR) is 117 cm³/mol. The van der Waals surface area contributed by atoms with E-state index in [0.29, 0.717) is 5.57 Å². The highest BCUT2D eigenvalue weighted by Crippen LogP contribution is 2.14. The quantitative estimate of drug-likeness (QED) is 0.468. The van der Waals surface area contributed by atoms with Crippen LogP contribution in [0.4, 0.5) is 5.69 Å². The first kappa shape index (κ1) is 22.0. The third-order valence-corrected chi connectivity index (χ3v) is 3.82. The Hall–Kier alpha value is -3.07. The Labute approximate surface area is 163 Å². The van der Waals surface area contributed by atoms with Crippen molar-refractivity contribution in [3.63, 3.8) is 0 Å². The second kappa shape index (κ2) is 11.5.